The smallest absolute Gasteiger partial charge is 0.341 e. The first-order chi connectivity index (χ1) is 14.1. The average molecular weight is 395 g/mol. The molecule has 29 heavy (non-hydrogen) atoms. The largest absolute Gasteiger partial charge is 0.465 e. The lowest BCUT2D eigenvalue weighted by Gasteiger charge is -2.10. The number of aromatic nitrogens is 4. The molecule has 0 spiro atoms. The Morgan fingerprint density at radius 2 is 1.97 bits per heavy atom. The van der Waals surface area contributed by atoms with Gasteiger partial charge in [0.25, 0.3) is 5.69 Å². The lowest BCUT2D eigenvalue weighted by Crippen LogP contribution is -2.16. The Bertz CT molecular complexity index is 997. The molecule has 0 radical (unpaired) electrons. The van der Waals surface area contributed by atoms with Gasteiger partial charge < -0.3 is 15.4 Å². The van der Waals surface area contributed by atoms with Gasteiger partial charge in [-0.25, -0.2) is 19.7 Å². The summed E-state index contributed by atoms with van der Waals surface area (Å²) in [6, 6.07) is 6.43. The van der Waals surface area contributed by atoms with E-state index in [9.17, 15) is 14.9 Å². The number of nitrogens with zero attached hydrogens (tertiary/aromatic N) is 5. The summed E-state index contributed by atoms with van der Waals surface area (Å²) in [7, 11) is 1.29. The van der Waals surface area contributed by atoms with Crippen LogP contribution in [0.1, 0.15) is 10.4 Å². The van der Waals surface area contributed by atoms with Gasteiger partial charge in [-0.3, -0.25) is 15.1 Å². The van der Waals surface area contributed by atoms with Gasteiger partial charge >= 0.3 is 5.97 Å². The minimum atomic E-state index is -0.540. The number of hydrogen-bond donors (Lipinski definition) is 2. The number of pyridine rings is 2. The van der Waals surface area contributed by atoms with E-state index < -0.39 is 10.9 Å². The third kappa shape index (κ3) is 4.97. The third-order valence-corrected chi connectivity index (χ3v) is 3.80. The predicted octanol–water partition coefficient (Wildman–Crippen LogP) is 2.15. The second-order valence-corrected chi connectivity index (χ2v) is 5.70. The van der Waals surface area contributed by atoms with Crippen molar-refractivity contribution in [3.05, 3.63) is 64.7 Å². The number of anilines is 2. The van der Waals surface area contributed by atoms with Crippen LogP contribution in [0.4, 0.5) is 17.5 Å². The van der Waals surface area contributed by atoms with E-state index >= 15 is 0 Å². The lowest BCUT2D eigenvalue weighted by atomic mass is 10.1. The monoisotopic (exact) mass is 395 g/mol. The predicted molar refractivity (Wildman–Crippen MR) is 104 cm³/mol. The Balaban J connectivity index is 1.65. The van der Waals surface area contributed by atoms with Gasteiger partial charge in [0.05, 0.1) is 17.7 Å². The van der Waals surface area contributed by atoms with E-state index in [0.29, 0.717) is 36.1 Å². The van der Waals surface area contributed by atoms with Crippen LogP contribution in [0.5, 0.6) is 0 Å². The molecule has 0 unspecified atom stereocenters. The summed E-state index contributed by atoms with van der Waals surface area (Å²) >= 11 is 0. The molecule has 0 amide bonds. The molecule has 0 fully saturated rings. The molecule has 0 bridgehead atoms. The van der Waals surface area contributed by atoms with Gasteiger partial charge in [0.2, 0.25) is 5.95 Å². The normalized spacial score (nSPS) is 10.2. The first-order valence-electron chi connectivity index (χ1n) is 8.52. The maximum absolute atomic E-state index is 12.0. The van der Waals surface area contributed by atoms with E-state index in [-0.39, 0.29) is 11.3 Å². The maximum Gasteiger partial charge on any atom is 0.341 e. The van der Waals surface area contributed by atoms with Crippen LogP contribution in [0.15, 0.2) is 49.1 Å². The van der Waals surface area contributed by atoms with Gasteiger partial charge in [-0.1, -0.05) is 0 Å². The highest BCUT2D eigenvalue weighted by molar-refractivity contribution is 5.95. The molecule has 0 aliphatic rings. The average Bonchev–Trinajstić information content (AvgIpc) is 2.77. The Hall–Kier alpha value is -4.15. The molecule has 0 aliphatic heterocycles. The number of ether oxygens (including phenoxy) is 1. The zero-order chi connectivity index (χ0) is 20.6. The fraction of sp³-hybridized carbons (Fsp3) is 0.167. The lowest BCUT2D eigenvalue weighted by molar-refractivity contribution is -0.385. The van der Waals surface area contributed by atoms with Crippen LogP contribution >= 0.6 is 0 Å². The van der Waals surface area contributed by atoms with Crippen molar-refractivity contribution in [1.29, 1.82) is 0 Å². The molecular weight excluding hydrogens is 378 g/mol. The standard InChI is InChI=1S/C18H17N7O4/c1-29-17(26)14-11-23-18(24-16(14)12-3-2-6-19-9-12)21-8-7-20-15-5-4-13(10-22-15)25(27)28/h2-6,9-11H,7-8H2,1H3,(H,20,22)(H,21,23,24). The molecule has 0 saturated heterocycles. The van der Waals surface area contributed by atoms with Crippen LogP contribution in [0.2, 0.25) is 0 Å². The number of carbonyl (C=O) groups excluding carboxylic acids is 1. The number of methoxy groups -OCH3 is 1. The molecule has 11 heteroatoms. The van der Waals surface area contributed by atoms with Crippen molar-refractivity contribution in [3.8, 4) is 11.3 Å². The SMILES string of the molecule is COC(=O)c1cnc(NCCNc2ccc([N+](=O)[O-])cn2)nc1-c1cccnc1. The summed E-state index contributed by atoms with van der Waals surface area (Å²) in [4.78, 5) is 38.7. The fourth-order valence-corrected chi connectivity index (χ4v) is 2.41. The van der Waals surface area contributed by atoms with Gasteiger partial charge in [-0.2, -0.15) is 0 Å². The summed E-state index contributed by atoms with van der Waals surface area (Å²) < 4.78 is 4.79. The molecule has 2 N–H and O–H groups in total. The van der Waals surface area contributed by atoms with Crippen molar-refractivity contribution in [1.82, 2.24) is 19.9 Å². The van der Waals surface area contributed by atoms with E-state index in [0.717, 1.165) is 0 Å². The summed E-state index contributed by atoms with van der Waals surface area (Å²) in [5.41, 5.74) is 1.23. The quantitative estimate of drug-likeness (QED) is 0.252. The molecule has 3 rings (SSSR count). The van der Waals surface area contributed by atoms with E-state index in [4.69, 9.17) is 4.74 Å². The Morgan fingerprint density at radius 1 is 1.14 bits per heavy atom. The Morgan fingerprint density at radius 3 is 2.62 bits per heavy atom. The third-order valence-electron chi connectivity index (χ3n) is 3.80. The fourth-order valence-electron chi connectivity index (χ4n) is 2.41. The number of esters is 1. The first-order valence-corrected chi connectivity index (χ1v) is 8.52. The van der Waals surface area contributed by atoms with Gasteiger partial charge in [-0.15, -0.1) is 0 Å². The van der Waals surface area contributed by atoms with Crippen LogP contribution < -0.4 is 10.6 Å². The van der Waals surface area contributed by atoms with Crippen LogP contribution in [-0.2, 0) is 4.74 Å². The molecule has 0 aliphatic carbocycles. The van der Waals surface area contributed by atoms with Crippen LogP contribution in [-0.4, -0.2) is 51.0 Å². The van der Waals surface area contributed by atoms with E-state index in [1.54, 1.807) is 24.5 Å². The Labute approximate surface area is 165 Å². The first kappa shape index (κ1) is 19.6. The zero-order valence-electron chi connectivity index (χ0n) is 15.4. The number of hydrogen-bond acceptors (Lipinski definition) is 10. The second kappa shape index (κ2) is 9.17. The molecule has 3 aromatic rings. The molecule has 0 atom stereocenters. The molecule has 3 heterocycles. The highest BCUT2D eigenvalue weighted by Crippen LogP contribution is 2.22. The van der Waals surface area contributed by atoms with Crippen molar-refractivity contribution in [2.75, 3.05) is 30.8 Å². The number of rotatable bonds is 8. The maximum atomic E-state index is 12.0. The molecule has 0 saturated carbocycles. The molecule has 148 valence electrons. The van der Waals surface area contributed by atoms with E-state index in [2.05, 4.69) is 30.6 Å². The molecule has 11 nitrogen and oxygen atoms in total. The zero-order valence-corrected chi connectivity index (χ0v) is 15.4. The van der Waals surface area contributed by atoms with Crippen LogP contribution in [0.25, 0.3) is 11.3 Å². The Kier molecular flexibility index (Phi) is 6.20. The molecule has 0 aromatic carbocycles. The number of nitro groups is 1. The highest BCUT2D eigenvalue weighted by atomic mass is 16.6. The second-order valence-electron chi connectivity index (χ2n) is 5.70. The topological polar surface area (TPSA) is 145 Å². The van der Waals surface area contributed by atoms with Crippen molar-refractivity contribution >= 4 is 23.4 Å². The summed E-state index contributed by atoms with van der Waals surface area (Å²) in [5, 5.41) is 16.7. The summed E-state index contributed by atoms with van der Waals surface area (Å²) in [5.74, 6) is 0.298. The summed E-state index contributed by atoms with van der Waals surface area (Å²) in [6.07, 6.45) is 5.80. The van der Waals surface area contributed by atoms with Gasteiger partial charge in [0.15, 0.2) is 0 Å². The van der Waals surface area contributed by atoms with Crippen molar-refractivity contribution in [2.24, 2.45) is 0 Å². The van der Waals surface area contributed by atoms with Gasteiger partial charge in [0, 0.05) is 43.3 Å². The molecular formula is C18H17N7O4. The van der Waals surface area contributed by atoms with Crippen LogP contribution in [0.3, 0.4) is 0 Å². The number of carbonyl (C=O) groups is 1. The molecule has 3 aromatic heterocycles. The van der Waals surface area contributed by atoms with Crippen molar-refractivity contribution < 1.29 is 14.5 Å². The minimum Gasteiger partial charge on any atom is -0.465 e. The van der Waals surface area contributed by atoms with E-state index in [1.165, 1.54) is 31.6 Å². The van der Waals surface area contributed by atoms with Crippen LogP contribution in [0, 0.1) is 10.1 Å². The number of nitrogens with one attached hydrogen (secondary N) is 2. The van der Waals surface area contributed by atoms with Gasteiger partial charge in [0.1, 0.15) is 17.6 Å². The van der Waals surface area contributed by atoms with Crippen molar-refractivity contribution in [3.63, 3.8) is 0 Å². The highest BCUT2D eigenvalue weighted by Gasteiger charge is 2.17. The minimum absolute atomic E-state index is 0.0734. The van der Waals surface area contributed by atoms with E-state index in [1.807, 2.05) is 0 Å². The van der Waals surface area contributed by atoms with Gasteiger partial charge in [-0.05, 0) is 18.2 Å². The summed E-state index contributed by atoms with van der Waals surface area (Å²) in [6.45, 7) is 0.915. The van der Waals surface area contributed by atoms with Crippen molar-refractivity contribution in [2.45, 2.75) is 0 Å².